The van der Waals surface area contributed by atoms with Crippen molar-refractivity contribution in [2.24, 2.45) is 0 Å². The van der Waals surface area contributed by atoms with E-state index in [-0.39, 0.29) is 48.6 Å². The Morgan fingerprint density at radius 2 is 1.73 bits per heavy atom. The van der Waals surface area contributed by atoms with Crippen LogP contribution in [-0.2, 0) is 35.7 Å². The van der Waals surface area contributed by atoms with Crippen LogP contribution in [0.1, 0.15) is 71.1 Å². The standard InChI is InChI=1S/C33H48N4O7/c1-7-14-40-15-16-41-17-18-42-19-20-43-29-11-9-8-10-26(29)22-31(38)35-30-23-28(36-37(30)33(4,5)6)25-12-13-27(21-25)44-32(39)34-24(2)3/h1,8-11,23-25,27H,12-22H2,2-6H3,(H,34,39)(H,35,38)/t25-,27+/m1/s1. The van der Waals surface area contributed by atoms with E-state index in [1.807, 2.05) is 69.6 Å². The molecule has 2 N–H and O–H groups in total. The Kier molecular flexibility index (Phi) is 14.0. The van der Waals surface area contributed by atoms with E-state index in [0.717, 1.165) is 24.1 Å². The van der Waals surface area contributed by atoms with E-state index < -0.39 is 0 Å². The molecule has 1 aliphatic carbocycles. The fourth-order valence-corrected chi connectivity index (χ4v) is 4.87. The molecule has 242 valence electrons. The van der Waals surface area contributed by atoms with Crippen molar-refractivity contribution in [1.29, 1.82) is 0 Å². The van der Waals surface area contributed by atoms with Gasteiger partial charge >= 0.3 is 6.09 Å². The molecule has 1 fully saturated rings. The van der Waals surface area contributed by atoms with Gasteiger partial charge in [-0.25, -0.2) is 9.48 Å². The Hall–Kier alpha value is -3.59. The number of nitrogens with one attached hydrogen (secondary N) is 2. The highest BCUT2D eigenvalue weighted by atomic mass is 16.6. The number of amides is 2. The minimum Gasteiger partial charge on any atom is -0.491 e. The highest BCUT2D eigenvalue weighted by Crippen LogP contribution is 2.37. The third-order valence-corrected chi connectivity index (χ3v) is 6.85. The lowest BCUT2D eigenvalue weighted by atomic mass is 10.0. The summed E-state index contributed by atoms with van der Waals surface area (Å²) in [6, 6.07) is 9.45. The lowest BCUT2D eigenvalue weighted by Crippen LogP contribution is -2.33. The SMILES string of the molecule is C#CCOCCOCCOCCOc1ccccc1CC(=O)Nc1cc([C@@H]2CC[C@H](OC(=O)NC(C)C)C2)nn1C(C)(C)C. The molecule has 1 aromatic heterocycles. The number of alkyl carbamates (subject to hydrolysis) is 1. The minimum atomic E-state index is -0.389. The van der Waals surface area contributed by atoms with Crippen LogP contribution in [0.2, 0.25) is 0 Å². The van der Waals surface area contributed by atoms with Crippen LogP contribution in [0.25, 0.3) is 0 Å². The molecular weight excluding hydrogens is 564 g/mol. The second-order valence-corrected chi connectivity index (χ2v) is 12.0. The molecule has 3 rings (SSSR count). The number of carbonyl (C=O) groups excluding carboxylic acids is 2. The number of anilines is 1. The van der Waals surface area contributed by atoms with E-state index in [2.05, 4.69) is 16.6 Å². The molecule has 2 atom stereocenters. The van der Waals surface area contributed by atoms with E-state index in [0.29, 0.717) is 57.6 Å². The average molecular weight is 613 g/mol. The molecule has 0 radical (unpaired) electrons. The van der Waals surface area contributed by atoms with Crippen molar-refractivity contribution in [3.63, 3.8) is 0 Å². The van der Waals surface area contributed by atoms with E-state index in [4.69, 9.17) is 35.2 Å². The Morgan fingerprint density at radius 1 is 1.05 bits per heavy atom. The van der Waals surface area contributed by atoms with Crippen molar-refractivity contribution < 1.29 is 33.3 Å². The van der Waals surface area contributed by atoms with Crippen LogP contribution in [0.5, 0.6) is 5.75 Å². The summed E-state index contributed by atoms with van der Waals surface area (Å²) in [5.41, 5.74) is 1.31. The number of benzene rings is 1. The minimum absolute atomic E-state index is 0.0216. The largest absolute Gasteiger partial charge is 0.491 e. The normalized spacial score (nSPS) is 16.5. The third-order valence-electron chi connectivity index (χ3n) is 6.85. The number of terminal acetylenes is 1. The lowest BCUT2D eigenvalue weighted by Gasteiger charge is -2.22. The summed E-state index contributed by atoms with van der Waals surface area (Å²) in [6.45, 7) is 12.8. The molecule has 2 aromatic rings. The summed E-state index contributed by atoms with van der Waals surface area (Å²) in [5.74, 6) is 3.64. The van der Waals surface area contributed by atoms with Gasteiger partial charge in [-0.1, -0.05) is 24.1 Å². The van der Waals surface area contributed by atoms with Crippen molar-refractivity contribution in [1.82, 2.24) is 15.1 Å². The zero-order valence-corrected chi connectivity index (χ0v) is 26.7. The van der Waals surface area contributed by atoms with E-state index in [1.165, 1.54) is 0 Å². The Labute approximate surface area is 261 Å². The zero-order valence-electron chi connectivity index (χ0n) is 26.7. The predicted molar refractivity (Wildman–Crippen MR) is 168 cm³/mol. The topological polar surface area (TPSA) is 122 Å². The number of nitrogens with zero attached hydrogens (tertiary/aromatic N) is 2. The van der Waals surface area contributed by atoms with Gasteiger partial charge in [0.15, 0.2) is 0 Å². The van der Waals surface area contributed by atoms with Gasteiger partial charge < -0.3 is 34.3 Å². The summed E-state index contributed by atoms with van der Waals surface area (Å²) >= 11 is 0. The first-order chi connectivity index (χ1) is 21.1. The number of ether oxygens (including phenoxy) is 5. The second-order valence-electron chi connectivity index (χ2n) is 12.0. The van der Waals surface area contributed by atoms with Gasteiger partial charge in [0.1, 0.15) is 30.9 Å². The predicted octanol–water partition coefficient (Wildman–Crippen LogP) is 4.65. The highest BCUT2D eigenvalue weighted by molar-refractivity contribution is 5.92. The number of aromatic nitrogens is 2. The molecule has 0 saturated heterocycles. The first-order valence-corrected chi connectivity index (χ1v) is 15.3. The van der Waals surface area contributed by atoms with Crippen molar-refractivity contribution in [3.8, 4) is 18.1 Å². The van der Waals surface area contributed by atoms with Gasteiger partial charge in [-0.2, -0.15) is 5.10 Å². The molecule has 0 unspecified atom stereocenters. The Balaban J connectivity index is 1.51. The fourth-order valence-electron chi connectivity index (χ4n) is 4.87. The first kappa shape index (κ1) is 34.9. The summed E-state index contributed by atoms with van der Waals surface area (Å²) < 4.78 is 29.5. The summed E-state index contributed by atoms with van der Waals surface area (Å²) in [6.07, 6.45) is 7.05. The molecule has 11 heteroatoms. The Bertz CT molecular complexity index is 1230. The van der Waals surface area contributed by atoms with Gasteiger partial charge in [0.25, 0.3) is 0 Å². The molecule has 1 saturated carbocycles. The highest BCUT2D eigenvalue weighted by Gasteiger charge is 2.32. The maximum absolute atomic E-state index is 13.2. The molecule has 0 aliphatic heterocycles. The Morgan fingerprint density at radius 3 is 2.41 bits per heavy atom. The maximum atomic E-state index is 13.2. The first-order valence-electron chi connectivity index (χ1n) is 15.3. The van der Waals surface area contributed by atoms with Gasteiger partial charge in [-0.3, -0.25) is 4.79 Å². The number of carbonyl (C=O) groups is 2. The lowest BCUT2D eigenvalue weighted by molar-refractivity contribution is -0.115. The number of rotatable bonds is 17. The van der Waals surface area contributed by atoms with Crippen LogP contribution in [0.3, 0.4) is 0 Å². The smallest absolute Gasteiger partial charge is 0.407 e. The van der Waals surface area contributed by atoms with Gasteiger partial charge in [0.05, 0.1) is 50.7 Å². The van der Waals surface area contributed by atoms with E-state index >= 15 is 0 Å². The molecule has 1 heterocycles. The fraction of sp³-hybridized carbons (Fsp3) is 0.606. The van der Waals surface area contributed by atoms with Crippen LogP contribution in [0, 0.1) is 12.3 Å². The molecular formula is C33H48N4O7. The molecule has 2 amide bonds. The van der Waals surface area contributed by atoms with Crippen LogP contribution >= 0.6 is 0 Å². The summed E-state index contributed by atoms with van der Waals surface area (Å²) in [4.78, 5) is 25.3. The molecule has 1 aromatic carbocycles. The maximum Gasteiger partial charge on any atom is 0.407 e. The number of para-hydroxylation sites is 1. The second kappa shape index (κ2) is 17.6. The monoisotopic (exact) mass is 612 g/mol. The summed E-state index contributed by atoms with van der Waals surface area (Å²) in [7, 11) is 0. The molecule has 11 nitrogen and oxygen atoms in total. The third kappa shape index (κ3) is 11.8. The zero-order chi connectivity index (χ0) is 32.0. The quantitative estimate of drug-likeness (QED) is 0.196. The summed E-state index contributed by atoms with van der Waals surface area (Å²) in [5, 5.41) is 10.7. The van der Waals surface area contributed by atoms with Crippen LogP contribution < -0.4 is 15.4 Å². The molecule has 0 bridgehead atoms. The van der Waals surface area contributed by atoms with Gasteiger partial charge in [0.2, 0.25) is 5.91 Å². The molecule has 0 spiro atoms. The van der Waals surface area contributed by atoms with Crippen molar-refractivity contribution >= 4 is 17.8 Å². The van der Waals surface area contributed by atoms with Crippen LogP contribution in [0.4, 0.5) is 10.6 Å². The molecule has 1 aliphatic rings. The number of hydrogen-bond acceptors (Lipinski definition) is 8. The van der Waals surface area contributed by atoms with Gasteiger partial charge in [-0.05, 0) is 59.9 Å². The van der Waals surface area contributed by atoms with E-state index in [9.17, 15) is 9.59 Å². The van der Waals surface area contributed by atoms with Crippen LogP contribution in [0.15, 0.2) is 30.3 Å². The van der Waals surface area contributed by atoms with Gasteiger partial charge in [0, 0.05) is 23.6 Å². The average Bonchev–Trinajstić information content (AvgIpc) is 3.59. The van der Waals surface area contributed by atoms with Crippen LogP contribution in [-0.4, -0.2) is 80.2 Å². The van der Waals surface area contributed by atoms with Gasteiger partial charge in [-0.15, -0.1) is 6.42 Å². The van der Waals surface area contributed by atoms with E-state index in [1.54, 1.807) is 0 Å². The molecule has 44 heavy (non-hydrogen) atoms. The van der Waals surface area contributed by atoms with Crippen molar-refractivity contribution in [3.05, 3.63) is 41.6 Å². The van der Waals surface area contributed by atoms with Crippen molar-refractivity contribution in [2.75, 3.05) is 51.6 Å². The van der Waals surface area contributed by atoms with Crippen molar-refractivity contribution in [2.45, 2.75) is 83.9 Å². The number of hydrogen-bond donors (Lipinski definition) is 2.